The van der Waals surface area contributed by atoms with Crippen LogP contribution in [0, 0.1) is 0 Å². The van der Waals surface area contributed by atoms with Gasteiger partial charge < -0.3 is 25.8 Å². The molecule has 2 atom stereocenters. The molecule has 1 amide bonds. The fourth-order valence-corrected chi connectivity index (χ4v) is 6.77. The summed E-state index contributed by atoms with van der Waals surface area (Å²) in [6, 6.07) is 22.2. The van der Waals surface area contributed by atoms with Crippen LogP contribution in [0.3, 0.4) is 0 Å². The predicted octanol–water partition coefficient (Wildman–Crippen LogP) is 5.23. The highest BCUT2D eigenvalue weighted by molar-refractivity contribution is 8.25. The molecule has 0 spiro atoms. The van der Waals surface area contributed by atoms with Gasteiger partial charge in [-0.25, -0.2) is 0 Å². The van der Waals surface area contributed by atoms with Crippen LogP contribution in [-0.4, -0.2) is 64.8 Å². The van der Waals surface area contributed by atoms with Crippen LogP contribution in [0.4, 0.5) is 11.4 Å². The monoisotopic (exact) mass is 596 g/mol. The predicted molar refractivity (Wildman–Crippen MR) is 172 cm³/mol. The summed E-state index contributed by atoms with van der Waals surface area (Å²) >= 11 is 0. The summed E-state index contributed by atoms with van der Waals surface area (Å²) in [5.41, 5.74) is 3.20. The molecule has 9 nitrogen and oxygen atoms in total. The number of benzene rings is 3. The molecule has 0 unspecified atom stereocenters. The zero-order valence-corrected chi connectivity index (χ0v) is 25.7. The van der Waals surface area contributed by atoms with E-state index in [2.05, 4.69) is 16.0 Å². The minimum absolute atomic E-state index is 0.235. The standard InChI is InChI=1S/C32H44N4O5S/c1-5-33-26-18-24(19-27(21-26)36-15-10-16-42(36,39)40)31(38)35-29(17-23-11-7-6-8-12-23)30(37)22-34-32(2,3)25-13-9-14-28(20-25)41-4/h6-9,11-14,18-21,29-30,33-34,37,39-40H,5,10,15-17,22H2,1-4H3,(H,35,38)/t29-,30+/m0/s1. The molecule has 0 radical (unpaired) electrons. The number of aliphatic hydroxyl groups excluding tert-OH is 1. The van der Waals surface area contributed by atoms with Crippen LogP contribution in [0.25, 0.3) is 0 Å². The van der Waals surface area contributed by atoms with Gasteiger partial charge in [0.1, 0.15) is 5.75 Å². The van der Waals surface area contributed by atoms with Crippen LogP contribution in [0.1, 0.15) is 48.7 Å². The number of amides is 1. The van der Waals surface area contributed by atoms with E-state index in [1.54, 1.807) is 23.5 Å². The van der Waals surface area contributed by atoms with E-state index in [0.29, 0.717) is 48.6 Å². The van der Waals surface area contributed by atoms with Crippen molar-refractivity contribution in [1.29, 1.82) is 0 Å². The maximum Gasteiger partial charge on any atom is 0.251 e. The quantitative estimate of drug-likeness (QED) is 0.158. The number of hydrogen-bond acceptors (Lipinski definition) is 8. The molecule has 10 heteroatoms. The zero-order valence-electron chi connectivity index (χ0n) is 24.8. The van der Waals surface area contributed by atoms with E-state index in [9.17, 15) is 19.0 Å². The van der Waals surface area contributed by atoms with E-state index >= 15 is 0 Å². The third-order valence-electron chi connectivity index (χ3n) is 7.61. The summed E-state index contributed by atoms with van der Waals surface area (Å²) in [7, 11) is -1.29. The molecule has 4 rings (SSSR count). The van der Waals surface area contributed by atoms with Gasteiger partial charge in [-0.05, 0) is 75.1 Å². The first-order valence-electron chi connectivity index (χ1n) is 14.4. The van der Waals surface area contributed by atoms with Gasteiger partial charge in [-0.2, -0.15) is 0 Å². The molecule has 1 aliphatic heterocycles. The lowest BCUT2D eigenvalue weighted by atomic mass is 9.93. The Labute approximate surface area is 250 Å². The molecule has 3 aromatic carbocycles. The Balaban J connectivity index is 1.56. The van der Waals surface area contributed by atoms with E-state index in [4.69, 9.17) is 4.74 Å². The van der Waals surface area contributed by atoms with E-state index < -0.39 is 28.5 Å². The third-order valence-corrected chi connectivity index (χ3v) is 9.54. The molecule has 1 aliphatic rings. The molecule has 0 aliphatic carbocycles. The normalized spacial score (nSPS) is 16.9. The fourth-order valence-electron chi connectivity index (χ4n) is 5.17. The van der Waals surface area contributed by atoms with Crippen LogP contribution in [0.5, 0.6) is 5.75 Å². The first-order chi connectivity index (χ1) is 20.0. The summed E-state index contributed by atoms with van der Waals surface area (Å²) in [4.78, 5) is 13.7. The van der Waals surface area contributed by atoms with Crippen molar-refractivity contribution in [3.05, 3.63) is 89.5 Å². The minimum atomic E-state index is -2.92. The van der Waals surface area contributed by atoms with E-state index in [1.807, 2.05) is 81.4 Å². The van der Waals surface area contributed by atoms with Crippen molar-refractivity contribution >= 4 is 28.1 Å². The number of ether oxygens (including phenoxy) is 1. The molecular weight excluding hydrogens is 552 g/mol. The first kappa shape index (κ1) is 31.7. The highest BCUT2D eigenvalue weighted by Crippen LogP contribution is 2.51. The summed E-state index contributed by atoms with van der Waals surface area (Å²) < 4.78 is 28.1. The van der Waals surface area contributed by atoms with Gasteiger partial charge in [0.15, 0.2) is 0 Å². The second-order valence-corrected chi connectivity index (χ2v) is 13.3. The second-order valence-electron chi connectivity index (χ2n) is 11.2. The van der Waals surface area contributed by atoms with Gasteiger partial charge >= 0.3 is 0 Å². The van der Waals surface area contributed by atoms with Crippen LogP contribution in [-0.2, 0) is 12.0 Å². The molecule has 3 aromatic rings. The topological polar surface area (TPSA) is 126 Å². The second kappa shape index (κ2) is 13.8. The number of hydrogen-bond donors (Lipinski definition) is 6. The Morgan fingerprint density at radius 1 is 1.07 bits per heavy atom. The van der Waals surface area contributed by atoms with E-state index in [0.717, 1.165) is 16.9 Å². The van der Waals surface area contributed by atoms with Crippen LogP contribution >= 0.6 is 10.8 Å². The molecule has 0 aromatic heterocycles. The number of nitrogens with zero attached hydrogens (tertiary/aromatic N) is 1. The maximum atomic E-state index is 13.7. The summed E-state index contributed by atoms with van der Waals surface area (Å²) in [6.45, 7) is 7.42. The third kappa shape index (κ3) is 7.96. The molecule has 0 bridgehead atoms. The SMILES string of the molecule is CCNc1cc(C(=O)N[C@@H](Cc2ccccc2)[C@H](O)CNC(C)(C)c2cccc(OC)c2)cc(N2CCCS2(O)O)c1. The minimum Gasteiger partial charge on any atom is -0.497 e. The lowest BCUT2D eigenvalue weighted by Gasteiger charge is -2.38. The Morgan fingerprint density at radius 3 is 2.50 bits per heavy atom. The molecular formula is C32H44N4O5S. The number of nitrogens with one attached hydrogen (secondary N) is 3. The van der Waals surface area contributed by atoms with Crippen LogP contribution < -0.4 is 25.0 Å². The van der Waals surface area contributed by atoms with Crippen LogP contribution in [0.2, 0.25) is 0 Å². The number of methoxy groups -OCH3 is 1. The van der Waals surface area contributed by atoms with Crippen molar-refractivity contribution in [1.82, 2.24) is 10.6 Å². The van der Waals surface area contributed by atoms with Gasteiger partial charge in [-0.3, -0.25) is 18.2 Å². The lowest BCUT2D eigenvalue weighted by molar-refractivity contribution is 0.0813. The number of carbonyl (C=O) groups excluding carboxylic acids is 1. The highest BCUT2D eigenvalue weighted by atomic mass is 32.3. The Hall–Kier alpha value is -3.28. The van der Waals surface area contributed by atoms with Gasteiger partial charge in [-0.15, -0.1) is 10.8 Å². The first-order valence-corrected chi connectivity index (χ1v) is 16.0. The van der Waals surface area contributed by atoms with Gasteiger partial charge in [0.2, 0.25) is 0 Å². The number of anilines is 2. The molecule has 42 heavy (non-hydrogen) atoms. The summed E-state index contributed by atoms with van der Waals surface area (Å²) in [5, 5.41) is 21.2. The van der Waals surface area contributed by atoms with Gasteiger partial charge in [0.25, 0.3) is 5.91 Å². The van der Waals surface area contributed by atoms with Gasteiger partial charge in [0.05, 0.1) is 30.7 Å². The van der Waals surface area contributed by atoms with E-state index in [1.165, 1.54) is 0 Å². The molecule has 6 N–H and O–H groups in total. The Bertz CT molecular complexity index is 1340. The average Bonchev–Trinajstić information content (AvgIpc) is 3.34. The average molecular weight is 597 g/mol. The molecule has 1 fully saturated rings. The smallest absolute Gasteiger partial charge is 0.251 e. The van der Waals surface area contributed by atoms with Crippen molar-refractivity contribution in [2.75, 3.05) is 42.1 Å². The van der Waals surface area contributed by atoms with Crippen molar-refractivity contribution in [2.45, 2.75) is 51.3 Å². The van der Waals surface area contributed by atoms with Crippen molar-refractivity contribution in [3.8, 4) is 5.75 Å². The van der Waals surface area contributed by atoms with Crippen molar-refractivity contribution in [2.24, 2.45) is 0 Å². The Morgan fingerprint density at radius 2 is 1.83 bits per heavy atom. The number of aliphatic hydroxyl groups is 1. The molecule has 1 heterocycles. The molecule has 0 saturated carbocycles. The maximum absolute atomic E-state index is 13.7. The highest BCUT2D eigenvalue weighted by Gasteiger charge is 2.31. The summed E-state index contributed by atoms with van der Waals surface area (Å²) in [6.07, 6.45) is 0.197. The zero-order chi connectivity index (χ0) is 30.3. The largest absolute Gasteiger partial charge is 0.497 e. The van der Waals surface area contributed by atoms with Gasteiger partial charge in [0, 0.05) is 36.4 Å². The van der Waals surface area contributed by atoms with Crippen molar-refractivity contribution < 1.29 is 23.7 Å². The number of rotatable bonds is 13. The molecule has 1 saturated heterocycles. The Kier molecular flexibility index (Phi) is 10.4. The lowest BCUT2D eigenvalue weighted by Crippen LogP contribution is -2.51. The summed E-state index contributed by atoms with van der Waals surface area (Å²) in [5.74, 6) is 0.718. The number of carbonyl (C=O) groups is 1. The fraction of sp³-hybridized carbons (Fsp3) is 0.406. The van der Waals surface area contributed by atoms with Crippen molar-refractivity contribution in [3.63, 3.8) is 0 Å². The molecule has 228 valence electrons. The van der Waals surface area contributed by atoms with Gasteiger partial charge in [-0.1, -0.05) is 42.5 Å². The van der Waals surface area contributed by atoms with E-state index in [-0.39, 0.29) is 12.5 Å². The van der Waals surface area contributed by atoms with Crippen LogP contribution in [0.15, 0.2) is 72.8 Å².